The molecule has 104 valence electrons. The van der Waals surface area contributed by atoms with Crippen molar-refractivity contribution < 1.29 is 14.7 Å². The number of amides is 2. The van der Waals surface area contributed by atoms with E-state index in [1.165, 1.54) is 17.3 Å². The highest BCUT2D eigenvalue weighted by molar-refractivity contribution is 5.85. The zero-order chi connectivity index (χ0) is 14.4. The van der Waals surface area contributed by atoms with Crippen LogP contribution in [0.3, 0.4) is 0 Å². The molecule has 1 heterocycles. The maximum atomic E-state index is 11.9. The van der Waals surface area contributed by atoms with Gasteiger partial charge >= 0.3 is 12.0 Å². The van der Waals surface area contributed by atoms with Crippen LogP contribution in [0.15, 0.2) is 47.7 Å². The van der Waals surface area contributed by atoms with Gasteiger partial charge in [0.05, 0.1) is 6.54 Å². The number of carboxylic acid groups (broad SMARTS) is 1. The molecule has 2 N–H and O–H groups in total. The summed E-state index contributed by atoms with van der Waals surface area (Å²) in [4.78, 5) is 28.4. The molecule has 6 heteroatoms. The maximum absolute atomic E-state index is 11.9. The number of carbonyl (C=O) groups is 2. The summed E-state index contributed by atoms with van der Waals surface area (Å²) in [7, 11) is 0. The van der Waals surface area contributed by atoms with E-state index in [1.807, 2.05) is 30.3 Å². The number of carboxylic acids is 1. The molecule has 20 heavy (non-hydrogen) atoms. The van der Waals surface area contributed by atoms with Crippen LogP contribution in [-0.4, -0.2) is 40.8 Å². The number of hydrogen-bond acceptors (Lipinski definition) is 3. The van der Waals surface area contributed by atoms with E-state index in [4.69, 9.17) is 0 Å². The van der Waals surface area contributed by atoms with Gasteiger partial charge < -0.3 is 10.4 Å². The van der Waals surface area contributed by atoms with Crippen LogP contribution in [0, 0.1) is 0 Å². The topological polar surface area (TPSA) is 82.0 Å². The van der Waals surface area contributed by atoms with Crippen LogP contribution in [0.5, 0.6) is 0 Å². The van der Waals surface area contributed by atoms with Crippen molar-refractivity contribution in [3.05, 3.63) is 48.3 Å². The molecule has 6 nitrogen and oxygen atoms in total. The number of carbonyl (C=O) groups excluding carboxylic acids is 1. The van der Waals surface area contributed by atoms with E-state index >= 15 is 0 Å². The molecule has 0 unspecified atom stereocenters. The average molecular weight is 273 g/mol. The molecule has 0 bridgehead atoms. The number of aliphatic carboxylic acids is 1. The second kappa shape index (κ2) is 6.51. The van der Waals surface area contributed by atoms with Gasteiger partial charge in [-0.15, -0.1) is 0 Å². The Kier molecular flexibility index (Phi) is 4.49. The van der Waals surface area contributed by atoms with E-state index in [1.54, 1.807) is 6.21 Å². The molecule has 0 aliphatic carbocycles. The lowest BCUT2D eigenvalue weighted by Crippen LogP contribution is -2.48. The molecule has 1 aliphatic rings. The zero-order valence-corrected chi connectivity index (χ0v) is 10.8. The highest BCUT2D eigenvalue weighted by Crippen LogP contribution is 2.05. The standard InChI is InChI=1S/C14H15N3O3/c18-13(19)12(10-11-4-2-1-3-5-11)16-14(20)17-8-6-15-7-9-17/h1-8,12H,9-10H2,(H,16,20)(H,18,19)/t12-/m0/s1. The zero-order valence-electron chi connectivity index (χ0n) is 10.8. The minimum absolute atomic E-state index is 0.244. The summed E-state index contributed by atoms with van der Waals surface area (Å²) < 4.78 is 0. The van der Waals surface area contributed by atoms with Crippen LogP contribution >= 0.6 is 0 Å². The number of urea groups is 1. The van der Waals surface area contributed by atoms with Crippen LogP contribution in [0.1, 0.15) is 5.56 Å². The average Bonchev–Trinajstić information content (AvgIpc) is 2.48. The molecule has 1 aromatic rings. The predicted octanol–water partition coefficient (Wildman–Crippen LogP) is 1.25. The van der Waals surface area contributed by atoms with Gasteiger partial charge in [-0.1, -0.05) is 30.3 Å². The minimum Gasteiger partial charge on any atom is -0.480 e. The second-order valence-electron chi connectivity index (χ2n) is 4.31. The number of rotatable bonds is 4. The first-order chi connectivity index (χ1) is 9.66. The third-order valence-corrected chi connectivity index (χ3v) is 2.86. The molecule has 0 saturated carbocycles. The van der Waals surface area contributed by atoms with Gasteiger partial charge in [-0.05, 0) is 5.56 Å². The Bertz CT molecular complexity index is 540. The Balaban J connectivity index is 1.99. The highest BCUT2D eigenvalue weighted by Gasteiger charge is 2.22. The third kappa shape index (κ3) is 3.68. The normalized spacial score (nSPS) is 14.9. The molecule has 0 saturated heterocycles. The summed E-state index contributed by atoms with van der Waals surface area (Å²) in [5.74, 6) is -1.06. The molecule has 0 radical (unpaired) electrons. The lowest BCUT2D eigenvalue weighted by molar-refractivity contribution is -0.139. The van der Waals surface area contributed by atoms with E-state index in [0.717, 1.165) is 5.56 Å². The number of aliphatic imine (C=N–C) groups is 1. The van der Waals surface area contributed by atoms with Crippen molar-refractivity contribution in [2.45, 2.75) is 12.5 Å². The smallest absolute Gasteiger partial charge is 0.326 e. The summed E-state index contributed by atoms with van der Waals surface area (Å²) in [6.07, 6.45) is 4.81. The molecule has 2 amide bonds. The van der Waals surface area contributed by atoms with E-state index in [-0.39, 0.29) is 6.42 Å². The first kappa shape index (κ1) is 13.8. The van der Waals surface area contributed by atoms with Gasteiger partial charge in [-0.2, -0.15) is 0 Å². The van der Waals surface area contributed by atoms with Gasteiger partial charge in [-0.25, -0.2) is 9.59 Å². The summed E-state index contributed by atoms with van der Waals surface area (Å²) in [5, 5.41) is 11.7. The van der Waals surface area contributed by atoms with Crippen molar-refractivity contribution in [1.29, 1.82) is 0 Å². The third-order valence-electron chi connectivity index (χ3n) is 2.86. The van der Waals surface area contributed by atoms with Gasteiger partial charge in [0, 0.05) is 25.0 Å². The number of nitrogens with one attached hydrogen (secondary N) is 1. The van der Waals surface area contributed by atoms with Crippen molar-refractivity contribution in [2.75, 3.05) is 6.54 Å². The summed E-state index contributed by atoms with van der Waals surface area (Å²) in [6, 6.07) is 7.77. The lowest BCUT2D eigenvalue weighted by Gasteiger charge is -2.21. The van der Waals surface area contributed by atoms with Crippen molar-refractivity contribution in [3.8, 4) is 0 Å². The van der Waals surface area contributed by atoms with E-state index in [9.17, 15) is 14.7 Å². The van der Waals surface area contributed by atoms with Gasteiger partial charge in [0.25, 0.3) is 0 Å². The van der Waals surface area contributed by atoms with Crippen LogP contribution in [0.25, 0.3) is 0 Å². The summed E-state index contributed by atoms with van der Waals surface area (Å²) in [6.45, 7) is 0.333. The molecule has 1 aromatic carbocycles. The summed E-state index contributed by atoms with van der Waals surface area (Å²) >= 11 is 0. The molecule has 0 spiro atoms. The molecule has 2 rings (SSSR count). The first-order valence-corrected chi connectivity index (χ1v) is 6.19. The van der Waals surface area contributed by atoms with Crippen LogP contribution in [-0.2, 0) is 11.2 Å². The van der Waals surface area contributed by atoms with Crippen LogP contribution < -0.4 is 5.32 Å². The van der Waals surface area contributed by atoms with Crippen LogP contribution in [0.2, 0.25) is 0 Å². The number of hydrogen-bond donors (Lipinski definition) is 2. The number of benzene rings is 1. The fourth-order valence-corrected chi connectivity index (χ4v) is 1.81. The SMILES string of the molecule is O=C(O)[C@H](Cc1ccccc1)NC(=O)N1C=CN=CC1. The van der Waals surface area contributed by atoms with Crippen molar-refractivity contribution in [2.24, 2.45) is 4.99 Å². The van der Waals surface area contributed by atoms with Gasteiger partial charge in [0.1, 0.15) is 6.04 Å². The summed E-state index contributed by atoms with van der Waals surface area (Å²) in [5.41, 5.74) is 0.857. The fourth-order valence-electron chi connectivity index (χ4n) is 1.81. The van der Waals surface area contributed by atoms with Gasteiger partial charge in [-0.3, -0.25) is 9.89 Å². The Morgan fingerprint density at radius 1 is 1.35 bits per heavy atom. The maximum Gasteiger partial charge on any atom is 0.326 e. The molecular formula is C14H15N3O3. The van der Waals surface area contributed by atoms with Crippen molar-refractivity contribution in [3.63, 3.8) is 0 Å². The van der Waals surface area contributed by atoms with Gasteiger partial charge in [0.15, 0.2) is 0 Å². The largest absolute Gasteiger partial charge is 0.480 e. The molecule has 1 atom stereocenters. The first-order valence-electron chi connectivity index (χ1n) is 6.19. The number of nitrogens with zero attached hydrogens (tertiary/aromatic N) is 2. The molecule has 1 aliphatic heterocycles. The van der Waals surface area contributed by atoms with Gasteiger partial charge in [0.2, 0.25) is 0 Å². The Hall–Kier alpha value is -2.63. The van der Waals surface area contributed by atoms with Crippen LogP contribution in [0.4, 0.5) is 4.79 Å². The molecule has 0 fully saturated rings. The Labute approximate surface area is 116 Å². The van der Waals surface area contributed by atoms with Crippen molar-refractivity contribution >= 4 is 18.2 Å². The Morgan fingerprint density at radius 3 is 2.70 bits per heavy atom. The lowest BCUT2D eigenvalue weighted by atomic mass is 10.1. The van der Waals surface area contributed by atoms with E-state index in [2.05, 4.69) is 10.3 Å². The minimum atomic E-state index is -1.06. The fraction of sp³-hybridized carbons (Fsp3) is 0.214. The second-order valence-corrected chi connectivity index (χ2v) is 4.31. The highest BCUT2D eigenvalue weighted by atomic mass is 16.4. The molecule has 0 aromatic heterocycles. The Morgan fingerprint density at radius 2 is 2.10 bits per heavy atom. The molecular weight excluding hydrogens is 258 g/mol. The van der Waals surface area contributed by atoms with E-state index < -0.39 is 18.0 Å². The predicted molar refractivity (Wildman–Crippen MR) is 74.4 cm³/mol. The van der Waals surface area contributed by atoms with Crippen molar-refractivity contribution in [1.82, 2.24) is 10.2 Å². The monoisotopic (exact) mass is 273 g/mol. The van der Waals surface area contributed by atoms with E-state index in [0.29, 0.717) is 6.54 Å². The quantitative estimate of drug-likeness (QED) is 0.866.